The minimum absolute atomic E-state index is 0.326. The first-order valence-electron chi connectivity index (χ1n) is 5.67. The maximum atomic E-state index is 11.8. The third-order valence-electron chi connectivity index (χ3n) is 2.34. The summed E-state index contributed by atoms with van der Waals surface area (Å²) >= 11 is 6.52. The molecule has 4 nitrogen and oxygen atoms in total. The van der Waals surface area contributed by atoms with Gasteiger partial charge in [0.15, 0.2) is 5.11 Å². The van der Waals surface area contributed by atoms with Crippen LogP contribution in [0.3, 0.4) is 0 Å². The Hall–Kier alpha value is -1.14. The number of thiophene rings is 1. The van der Waals surface area contributed by atoms with E-state index in [0.29, 0.717) is 16.6 Å². The molecule has 0 aromatic carbocycles. The highest BCUT2D eigenvalue weighted by Gasteiger charge is 2.20. The summed E-state index contributed by atoms with van der Waals surface area (Å²) in [5, 5.41) is 9.03. The van der Waals surface area contributed by atoms with Crippen molar-refractivity contribution in [2.75, 3.05) is 19.5 Å². The average molecular weight is 286 g/mol. The molecule has 1 heterocycles. The number of esters is 1. The number of anilines is 1. The minimum atomic E-state index is -0.326. The number of carbonyl (C=O) groups is 1. The number of hydrogen-bond donors (Lipinski definition) is 2. The molecule has 0 saturated heterocycles. The lowest BCUT2D eigenvalue weighted by molar-refractivity contribution is 0.0601. The van der Waals surface area contributed by atoms with Gasteiger partial charge in [-0.1, -0.05) is 13.8 Å². The molecule has 100 valence electrons. The molecule has 0 bridgehead atoms. The van der Waals surface area contributed by atoms with Crippen LogP contribution in [0, 0.1) is 5.92 Å². The first-order valence-corrected chi connectivity index (χ1v) is 6.95. The summed E-state index contributed by atoms with van der Waals surface area (Å²) in [4.78, 5) is 11.8. The Balaban J connectivity index is 3.06. The van der Waals surface area contributed by atoms with E-state index >= 15 is 0 Å². The van der Waals surface area contributed by atoms with Gasteiger partial charge in [0.25, 0.3) is 0 Å². The molecule has 18 heavy (non-hydrogen) atoms. The van der Waals surface area contributed by atoms with Gasteiger partial charge in [-0.05, 0) is 35.5 Å². The molecule has 0 radical (unpaired) electrons. The number of carbonyl (C=O) groups excluding carboxylic acids is 1. The number of nitrogens with one attached hydrogen (secondary N) is 2. The average Bonchev–Trinajstić information content (AvgIpc) is 2.70. The highest BCUT2D eigenvalue weighted by molar-refractivity contribution is 7.80. The monoisotopic (exact) mass is 286 g/mol. The fraction of sp³-hybridized carbons (Fsp3) is 0.500. The Morgan fingerprint density at radius 3 is 2.72 bits per heavy atom. The lowest BCUT2D eigenvalue weighted by atomic mass is 10.0. The lowest BCUT2D eigenvalue weighted by Gasteiger charge is -2.09. The predicted molar refractivity (Wildman–Crippen MR) is 79.5 cm³/mol. The molecule has 0 aliphatic heterocycles. The normalized spacial score (nSPS) is 10.3. The fourth-order valence-electron chi connectivity index (χ4n) is 1.57. The Morgan fingerprint density at radius 2 is 2.22 bits per heavy atom. The van der Waals surface area contributed by atoms with Crippen LogP contribution in [0.1, 0.15) is 29.8 Å². The van der Waals surface area contributed by atoms with Crippen LogP contribution < -0.4 is 10.6 Å². The molecule has 0 fully saturated rings. The van der Waals surface area contributed by atoms with E-state index in [1.165, 1.54) is 18.4 Å². The molecule has 0 saturated carbocycles. The number of ether oxygens (including phenoxy) is 1. The highest BCUT2D eigenvalue weighted by atomic mass is 32.1. The van der Waals surface area contributed by atoms with E-state index in [4.69, 9.17) is 17.0 Å². The molecule has 0 amide bonds. The maximum absolute atomic E-state index is 11.8. The molecule has 6 heteroatoms. The third kappa shape index (κ3) is 3.68. The molecule has 1 aromatic heterocycles. The Kier molecular flexibility index (Phi) is 5.55. The molecular formula is C12H18N2O2S2. The second-order valence-electron chi connectivity index (χ2n) is 4.26. The predicted octanol–water partition coefficient (Wildman–Crippen LogP) is 2.65. The summed E-state index contributed by atoms with van der Waals surface area (Å²) in [6.45, 7) is 4.23. The van der Waals surface area contributed by atoms with Crippen molar-refractivity contribution in [1.82, 2.24) is 5.32 Å². The van der Waals surface area contributed by atoms with Crippen LogP contribution in [0.5, 0.6) is 0 Å². The zero-order chi connectivity index (χ0) is 13.7. The Labute approximate surface area is 117 Å². The van der Waals surface area contributed by atoms with Crippen molar-refractivity contribution in [2.45, 2.75) is 20.3 Å². The van der Waals surface area contributed by atoms with Crippen molar-refractivity contribution in [1.29, 1.82) is 0 Å². The zero-order valence-corrected chi connectivity index (χ0v) is 12.6. The first-order chi connectivity index (χ1) is 8.49. The van der Waals surface area contributed by atoms with Crippen LogP contribution in [0.2, 0.25) is 0 Å². The summed E-state index contributed by atoms with van der Waals surface area (Å²) < 4.78 is 4.84. The van der Waals surface area contributed by atoms with Gasteiger partial charge in [0.05, 0.1) is 12.7 Å². The second kappa shape index (κ2) is 6.70. The molecule has 0 aliphatic carbocycles. The molecule has 2 N–H and O–H groups in total. The van der Waals surface area contributed by atoms with Gasteiger partial charge >= 0.3 is 5.97 Å². The van der Waals surface area contributed by atoms with Gasteiger partial charge in [0.1, 0.15) is 5.00 Å². The smallest absolute Gasteiger partial charge is 0.341 e. The third-order valence-corrected chi connectivity index (χ3v) is 3.59. The molecule has 0 atom stereocenters. The summed E-state index contributed by atoms with van der Waals surface area (Å²) in [6.07, 6.45) is 0.842. The molecule has 1 rings (SSSR count). The standard InChI is InChI=1S/C12H18N2O2S2/c1-7(2)5-8-6-18-10(14-12(17)13-3)9(8)11(15)16-4/h6-7H,5H2,1-4H3,(H2,13,14,17). The molecule has 1 aromatic rings. The van der Waals surface area contributed by atoms with Gasteiger partial charge in [0.2, 0.25) is 0 Å². The van der Waals surface area contributed by atoms with Gasteiger partial charge in [-0.2, -0.15) is 0 Å². The van der Waals surface area contributed by atoms with E-state index in [0.717, 1.165) is 17.0 Å². The molecule has 0 unspecified atom stereocenters. The number of methoxy groups -OCH3 is 1. The Bertz CT molecular complexity index is 441. The summed E-state index contributed by atoms with van der Waals surface area (Å²) in [7, 11) is 3.12. The van der Waals surface area contributed by atoms with Gasteiger partial charge in [-0.15, -0.1) is 11.3 Å². The number of rotatable bonds is 4. The topological polar surface area (TPSA) is 50.4 Å². The van der Waals surface area contributed by atoms with Crippen molar-refractivity contribution < 1.29 is 9.53 Å². The van der Waals surface area contributed by atoms with E-state index in [-0.39, 0.29) is 5.97 Å². The van der Waals surface area contributed by atoms with Crippen molar-refractivity contribution in [2.24, 2.45) is 5.92 Å². The molecular weight excluding hydrogens is 268 g/mol. The van der Waals surface area contributed by atoms with Gasteiger partial charge in [-0.3, -0.25) is 0 Å². The van der Waals surface area contributed by atoms with Crippen LogP contribution >= 0.6 is 23.6 Å². The summed E-state index contributed by atoms with van der Waals surface area (Å²) in [5.41, 5.74) is 1.59. The zero-order valence-electron chi connectivity index (χ0n) is 11.0. The summed E-state index contributed by atoms with van der Waals surface area (Å²) in [6, 6.07) is 0. The van der Waals surface area contributed by atoms with Crippen molar-refractivity contribution in [3.63, 3.8) is 0 Å². The van der Waals surface area contributed by atoms with Crippen molar-refractivity contribution >= 4 is 39.6 Å². The molecule has 0 spiro atoms. The minimum Gasteiger partial charge on any atom is -0.465 e. The number of hydrogen-bond acceptors (Lipinski definition) is 4. The quantitative estimate of drug-likeness (QED) is 0.658. The Morgan fingerprint density at radius 1 is 1.56 bits per heavy atom. The van der Waals surface area contributed by atoms with Gasteiger partial charge in [-0.25, -0.2) is 4.79 Å². The largest absolute Gasteiger partial charge is 0.465 e. The van der Waals surface area contributed by atoms with E-state index in [1.807, 2.05) is 5.38 Å². The van der Waals surface area contributed by atoms with E-state index in [2.05, 4.69) is 24.5 Å². The van der Waals surface area contributed by atoms with Crippen LogP contribution in [-0.2, 0) is 11.2 Å². The van der Waals surface area contributed by atoms with Crippen LogP contribution in [0.15, 0.2) is 5.38 Å². The summed E-state index contributed by atoms with van der Waals surface area (Å²) in [5.74, 6) is 0.153. The van der Waals surface area contributed by atoms with E-state index in [9.17, 15) is 4.79 Å². The van der Waals surface area contributed by atoms with Crippen molar-refractivity contribution in [3.8, 4) is 0 Å². The SMILES string of the molecule is CNC(=S)Nc1scc(CC(C)C)c1C(=O)OC. The van der Waals surface area contributed by atoms with Crippen molar-refractivity contribution in [3.05, 3.63) is 16.5 Å². The van der Waals surface area contributed by atoms with Gasteiger partial charge < -0.3 is 15.4 Å². The first kappa shape index (κ1) is 14.9. The van der Waals surface area contributed by atoms with Crippen LogP contribution in [0.4, 0.5) is 5.00 Å². The second-order valence-corrected chi connectivity index (χ2v) is 5.55. The lowest BCUT2D eigenvalue weighted by Crippen LogP contribution is -2.24. The van der Waals surface area contributed by atoms with Crippen LogP contribution in [0.25, 0.3) is 0 Å². The van der Waals surface area contributed by atoms with E-state index in [1.54, 1.807) is 7.05 Å². The molecule has 0 aliphatic rings. The fourth-order valence-corrected chi connectivity index (χ4v) is 2.70. The van der Waals surface area contributed by atoms with Gasteiger partial charge in [0, 0.05) is 7.05 Å². The number of thiocarbonyl (C=S) groups is 1. The van der Waals surface area contributed by atoms with E-state index < -0.39 is 0 Å². The maximum Gasteiger partial charge on any atom is 0.341 e. The van der Waals surface area contributed by atoms with Crippen LogP contribution in [-0.4, -0.2) is 25.2 Å². The highest BCUT2D eigenvalue weighted by Crippen LogP contribution is 2.30.